The molecule has 0 aromatic heterocycles. The standard InChI is InChI=1S/C6H7F2NO2/c7-6(8,5(10)11)3-1-2-4-9/h1-3H2,(H,10,11). The van der Waals surface area contributed by atoms with Crippen molar-refractivity contribution in [1.29, 1.82) is 5.26 Å². The molecule has 0 bridgehead atoms. The van der Waals surface area contributed by atoms with E-state index in [4.69, 9.17) is 10.4 Å². The summed E-state index contributed by atoms with van der Waals surface area (Å²) in [5, 5.41) is 15.9. The number of alkyl halides is 2. The van der Waals surface area contributed by atoms with E-state index in [9.17, 15) is 13.6 Å². The van der Waals surface area contributed by atoms with Crippen LogP contribution in [0.4, 0.5) is 8.78 Å². The number of hydrogen-bond donors (Lipinski definition) is 1. The summed E-state index contributed by atoms with van der Waals surface area (Å²) in [6.07, 6.45) is -0.894. The van der Waals surface area contributed by atoms with Crippen LogP contribution in [0.1, 0.15) is 19.3 Å². The van der Waals surface area contributed by atoms with Gasteiger partial charge in [0.1, 0.15) is 0 Å². The van der Waals surface area contributed by atoms with Crippen molar-refractivity contribution in [3.05, 3.63) is 0 Å². The van der Waals surface area contributed by atoms with Gasteiger partial charge >= 0.3 is 11.9 Å². The predicted octanol–water partition coefficient (Wildman–Crippen LogP) is 1.40. The summed E-state index contributed by atoms with van der Waals surface area (Å²) in [7, 11) is 0. The van der Waals surface area contributed by atoms with Crippen molar-refractivity contribution >= 4 is 5.97 Å². The minimum atomic E-state index is -3.68. The molecule has 11 heavy (non-hydrogen) atoms. The number of aliphatic carboxylic acids is 1. The summed E-state index contributed by atoms with van der Waals surface area (Å²) < 4.78 is 24.3. The van der Waals surface area contributed by atoms with Gasteiger partial charge in [-0.2, -0.15) is 14.0 Å². The molecular formula is C6H7F2NO2. The molecule has 3 nitrogen and oxygen atoms in total. The molecule has 5 heteroatoms. The topological polar surface area (TPSA) is 61.1 Å². The second-order valence-electron chi connectivity index (χ2n) is 2.02. The number of carboxylic acid groups (broad SMARTS) is 1. The normalized spacial score (nSPS) is 10.6. The zero-order valence-electron chi connectivity index (χ0n) is 5.68. The van der Waals surface area contributed by atoms with E-state index < -0.39 is 18.3 Å². The lowest BCUT2D eigenvalue weighted by atomic mass is 10.1. The van der Waals surface area contributed by atoms with Gasteiger partial charge in [0.15, 0.2) is 0 Å². The van der Waals surface area contributed by atoms with E-state index in [1.165, 1.54) is 0 Å². The van der Waals surface area contributed by atoms with Gasteiger partial charge in [0, 0.05) is 12.8 Å². The first-order valence-corrected chi connectivity index (χ1v) is 2.99. The van der Waals surface area contributed by atoms with Crippen LogP contribution in [-0.4, -0.2) is 17.0 Å². The van der Waals surface area contributed by atoms with E-state index in [2.05, 4.69) is 0 Å². The van der Waals surface area contributed by atoms with E-state index in [1.54, 1.807) is 6.07 Å². The second-order valence-corrected chi connectivity index (χ2v) is 2.02. The molecule has 62 valence electrons. The van der Waals surface area contributed by atoms with Crippen LogP contribution in [0.2, 0.25) is 0 Å². The van der Waals surface area contributed by atoms with Crippen molar-refractivity contribution in [1.82, 2.24) is 0 Å². The van der Waals surface area contributed by atoms with Crippen molar-refractivity contribution in [3.8, 4) is 6.07 Å². The molecule has 0 aromatic carbocycles. The third kappa shape index (κ3) is 3.50. The maximum absolute atomic E-state index is 12.2. The van der Waals surface area contributed by atoms with E-state index >= 15 is 0 Å². The molecule has 0 aliphatic carbocycles. The fourth-order valence-corrected chi connectivity index (χ4v) is 0.496. The Balaban J connectivity index is 3.75. The molecule has 0 atom stereocenters. The molecule has 0 spiro atoms. The second kappa shape index (κ2) is 3.86. The van der Waals surface area contributed by atoms with Crippen molar-refractivity contribution in [2.75, 3.05) is 0 Å². The van der Waals surface area contributed by atoms with Gasteiger partial charge in [0.2, 0.25) is 0 Å². The maximum atomic E-state index is 12.2. The summed E-state index contributed by atoms with van der Waals surface area (Å²) in [4.78, 5) is 9.78. The number of hydrogen-bond acceptors (Lipinski definition) is 2. The Hall–Kier alpha value is -1.18. The summed E-state index contributed by atoms with van der Waals surface area (Å²) in [6.45, 7) is 0. The number of halogens is 2. The lowest BCUT2D eigenvalue weighted by molar-refractivity contribution is -0.165. The SMILES string of the molecule is N#CCCCC(F)(F)C(=O)O. The fraction of sp³-hybridized carbons (Fsp3) is 0.667. The number of nitrogens with zero attached hydrogens (tertiary/aromatic N) is 1. The van der Waals surface area contributed by atoms with Crippen LogP contribution in [0, 0.1) is 11.3 Å². The summed E-state index contributed by atoms with van der Waals surface area (Å²) in [5.74, 6) is -5.81. The number of carbonyl (C=O) groups is 1. The smallest absolute Gasteiger partial charge is 0.374 e. The highest BCUT2D eigenvalue weighted by Gasteiger charge is 2.37. The zero-order chi connectivity index (χ0) is 8.91. The molecule has 0 amide bonds. The quantitative estimate of drug-likeness (QED) is 0.637. The number of unbranched alkanes of at least 4 members (excludes halogenated alkanes) is 1. The summed E-state index contributed by atoms with van der Waals surface area (Å²) in [6, 6.07) is 1.65. The highest BCUT2D eigenvalue weighted by Crippen LogP contribution is 2.20. The third-order valence-corrected chi connectivity index (χ3v) is 1.09. The average molecular weight is 163 g/mol. The summed E-state index contributed by atoms with van der Waals surface area (Å²) in [5.41, 5.74) is 0. The van der Waals surface area contributed by atoms with Crippen LogP contribution in [-0.2, 0) is 4.79 Å². The van der Waals surface area contributed by atoms with Gasteiger partial charge < -0.3 is 5.11 Å². The molecule has 0 aliphatic heterocycles. The van der Waals surface area contributed by atoms with E-state index in [1.807, 2.05) is 0 Å². The van der Waals surface area contributed by atoms with Gasteiger partial charge in [-0.15, -0.1) is 0 Å². The van der Waals surface area contributed by atoms with Crippen LogP contribution in [0.15, 0.2) is 0 Å². The average Bonchev–Trinajstić information content (AvgIpc) is 1.88. The number of nitriles is 1. The van der Waals surface area contributed by atoms with Crippen molar-refractivity contribution in [2.24, 2.45) is 0 Å². The third-order valence-electron chi connectivity index (χ3n) is 1.09. The van der Waals surface area contributed by atoms with Crippen molar-refractivity contribution in [3.63, 3.8) is 0 Å². The predicted molar refractivity (Wildman–Crippen MR) is 32.0 cm³/mol. The minimum Gasteiger partial charge on any atom is -0.477 e. The summed E-state index contributed by atoms with van der Waals surface area (Å²) >= 11 is 0. The van der Waals surface area contributed by atoms with Crippen LogP contribution >= 0.6 is 0 Å². The Labute approximate surface area is 62.2 Å². The van der Waals surface area contributed by atoms with Gasteiger partial charge in [-0.3, -0.25) is 0 Å². The monoisotopic (exact) mass is 163 g/mol. The molecule has 0 saturated heterocycles. The molecule has 0 aliphatic rings. The Morgan fingerprint density at radius 1 is 1.64 bits per heavy atom. The molecule has 0 unspecified atom stereocenters. The fourth-order valence-electron chi connectivity index (χ4n) is 0.496. The van der Waals surface area contributed by atoms with E-state index in [-0.39, 0.29) is 12.8 Å². The maximum Gasteiger partial charge on any atom is 0.374 e. The lowest BCUT2D eigenvalue weighted by Crippen LogP contribution is -2.27. The molecular weight excluding hydrogens is 156 g/mol. The molecule has 0 rings (SSSR count). The first-order valence-electron chi connectivity index (χ1n) is 2.99. The van der Waals surface area contributed by atoms with Gasteiger partial charge in [-0.25, -0.2) is 4.79 Å². The highest BCUT2D eigenvalue weighted by atomic mass is 19.3. The molecule has 0 saturated carbocycles. The molecule has 0 fully saturated rings. The Morgan fingerprint density at radius 3 is 2.55 bits per heavy atom. The van der Waals surface area contributed by atoms with Crippen LogP contribution < -0.4 is 0 Å². The first-order chi connectivity index (χ1) is 5.00. The molecule has 0 heterocycles. The van der Waals surface area contributed by atoms with Crippen molar-refractivity contribution < 1.29 is 18.7 Å². The Kier molecular flexibility index (Phi) is 3.45. The number of rotatable bonds is 4. The molecule has 1 N–H and O–H groups in total. The van der Waals surface area contributed by atoms with Gasteiger partial charge in [-0.1, -0.05) is 0 Å². The minimum absolute atomic E-state index is 0.0388. The van der Waals surface area contributed by atoms with Crippen LogP contribution in [0.25, 0.3) is 0 Å². The molecule has 0 radical (unpaired) electrons. The highest BCUT2D eigenvalue weighted by molar-refractivity contribution is 5.75. The Morgan fingerprint density at radius 2 is 2.18 bits per heavy atom. The largest absolute Gasteiger partial charge is 0.477 e. The van der Waals surface area contributed by atoms with Crippen molar-refractivity contribution in [2.45, 2.75) is 25.2 Å². The number of carboxylic acids is 1. The van der Waals surface area contributed by atoms with Gasteiger partial charge in [-0.05, 0) is 6.42 Å². The first kappa shape index (κ1) is 9.82. The molecule has 0 aromatic rings. The van der Waals surface area contributed by atoms with Gasteiger partial charge in [0.05, 0.1) is 6.07 Å². The van der Waals surface area contributed by atoms with Crippen LogP contribution in [0.5, 0.6) is 0 Å². The van der Waals surface area contributed by atoms with Crippen LogP contribution in [0.3, 0.4) is 0 Å². The van der Waals surface area contributed by atoms with Gasteiger partial charge in [0.25, 0.3) is 0 Å². The zero-order valence-corrected chi connectivity index (χ0v) is 5.68. The Bertz CT molecular complexity index is 186. The lowest BCUT2D eigenvalue weighted by Gasteiger charge is -2.08. The van der Waals surface area contributed by atoms with E-state index in [0.717, 1.165) is 0 Å². The van der Waals surface area contributed by atoms with E-state index in [0.29, 0.717) is 0 Å².